The van der Waals surface area contributed by atoms with Crippen LogP contribution in [-0.2, 0) is 7.05 Å². The van der Waals surface area contributed by atoms with E-state index >= 15 is 0 Å². The van der Waals surface area contributed by atoms with Gasteiger partial charge in [0.05, 0.1) is 10.6 Å². The molecule has 7 nitrogen and oxygen atoms in total. The Balaban J connectivity index is 2.18. The lowest BCUT2D eigenvalue weighted by Gasteiger charge is -2.03. The summed E-state index contributed by atoms with van der Waals surface area (Å²) in [6.07, 6.45) is 1.94. The highest BCUT2D eigenvalue weighted by molar-refractivity contribution is 5.93. The Morgan fingerprint density at radius 1 is 1.36 bits per heavy atom. The standard InChI is InChI=1S/C15H18N4O3/c1-3-4-9-16-15(20)14-10-13(17-18(14)2)11-5-7-12(8-6-11)19(21)22/h5-8,10H,3-4,9H2,1-2H3,(H,16,20). The number of aromatic nitrogens is 2. The smallest absolute Gasteiger partial charge is 0.269 e. The van der Waals surface area contributed by atoms with Crippen molar-refractivity contribution < 1.29 is 9.72 Å². The molecule has 0 saturated carbocycles. The van der Waals surface area contributed by atoms with Crippen molar-refractivity contribution in [1.82, 2.24) is 15.1 Å². The second kappa shape index (κ2) is 6.84. The molecule has 0 radical (unpaired) electrons. The number of amides is 1. The Morgan fingerprint density at radius 2 is 2.05 bits per heavy atom. The first kappa shape index (κ1) is 15.7. The SMILES string of the molecule is CCCCNC(=O)c1cc(-c2ccc([N+](=O)[O-])cc2)nn1C. The number of aryl methyl sites for hydroxylation is 1. The van der Waals surface area contributed by atoms with Gasteiger partial charge < -0.3 is 5.32 Å². The maximum Gasteiger partial charge on any atom is 0.269 e. The van der Waals surface area contributed by atoms with Crippen molar-refractivity contribution >= 4 is 11.6 Å². The number of nitrogens with one attached hydrogen (secondary N) is 1. The van der Waals surface area contributed by atoms with E-state index in [9.17, 15) is 14.9 Å². The predicted molar refractivity (Wildman–Crippen MR) is 82.5 cm³/mol. The molecule has 0 fully saturated rings. The number of hydrogen-bond donors (Lipinski definition) is 1. The van der Waals surface area contributed by atoms with E-state index in [2.05, 4.69) is 17.3 Å². The molecule has 116 valence electrons. The molecule has 2 rings (SSSR count). The van der Waals surface area contributed by atoms with Crippen LogP contribution < -0.4 is 5.32 Å². The van der Waals surface area contributed by atoms with E-state index in [4.69, 9.17) is 0 Å². The molecule has 1 aromatic carbocycles. The van der Waals surface area contributed by atoms with Crippen molar-refractivity contribution in [3.8, 4) is 11.3 Å². The average Bonchev–Trinajstić information content (AvgIpc) is 2.89. The lowest BCUT2D eigenvalue weighted by molar-refractivity contribution is -0.384. The minimum absolute atomic E-state index is 0.0252. The van der Waals surface area contributed by atoms with Crippen LogP contribution in [0.25, 0.3) is 11.3 Å². The third-order valence-electron chi connectivity index (χ3n) is 3.30. The van der Waals surface area contributed by atoms with Gasteiger partial charge in [-0.3, -0.25) is 19.6 Å². The molecule has 0 bridgehead atoms. The summed E-state index contributed by atoms with van der Waals surface area (Å²) in [5, 5.41) is 17.8. The van der Waals surface area contributed by atoms with Crippen LogP contribution in [-0.4, -0.2) is 27.2 Å². The van der Waals surface area contributed by atoms with Gasteiger partial charge in [-0.05, 0) is 24.6 Å². The molecule has 0 aliphatic carbocycles. The van der Waals surface area contributed by atoms with Crippen molar-refractivity contribution in [2.24, 2.45) is 7.05 Å². The van der Waals surface area contributed by atoms with Gasteiger partial charge in [-0.25, -0.2) is 0 Å². The number of carbonyl (C=O) groups is 1. The molecule has 1 amide bonds. The molecule has 0 saturated heterocycles. The molecule has 0 atom stereocenters. The van der Waals surface area contributed by atoms with E-state index in [1.54, 1.807) is 25.2 Å². The second-order valence-electron chi connectivity index (χ2n) is 4.95. The molecule has 1 heterocycles. The van der Waals surface area contributed by atoms with E-state index in [-0.39, 0.29) is 11.6 Å². The first-order chi connectivity index (χ1) is 10.5. The molecular weight excluding hydrogens is 284 g/mol. The van der Waals surface area contributed by atoms with Crippen molar-refractivity contribution in [1.29, 1.82) is 0 Å². The predicted octanol–water partition coefficient (Wildman–Crippen LogP) is 2.53. The number of nitro groups is 1. The molecule has 1 aromatic heterocycles. The van der Waals surface area contributed by atoms with Crippen molar-refractivity contribution in [2.75, 3.05) is 6.54 Å². The number of carbonyl (C=O) groups excluding carboxylic acids is 1. The molecule has 7 heteroatoms. The topological polar surface area (TPSA) is 90.1 Å². The first-order valence-corrected chi connectivity index (χ1v) is 7.10. The van der Waals surface area contributed by atoms with Crippen LogP contribution in [0, 0.1) is 10.1 Å². The van der Waals surface area contributed by atoms with E-state index in [1.165, 1.54) is 16.8 Å². The van der Waals surface area contributed by atoms with Gasteiger partial charge in [0.1, 0.15) is 5.69 Å². The van der Waals surface area contributed by atoms with Gasteiger partial charge in [0.2, 0.25) is 0 Å². The number of nitro benzene ring substituents is 1. The normalized spacial score (nSPS) is 10.5. The van der Waals surface area contributed by atoms with Crippen LogP contribution in [0.15, 0.2) is 30.3 Å². The molecule has 1 N–H and O–H groups in total. The van der Waals surface area contributed by atoms with Crippen LogP contribution in [0.4, 0.5) is 5.69 Å². The van der Waals surface area contributed by atoms with Crippen LogP contribution in [0.1, 0.15) is 30.3 Å². The zero-order chi connectivity index (χ0) is 16.1. The monoisotopic (exact) mass is 302 g/mol. The van der Waals surface area contributed by atoms with E-state index in [0.717, 1.165) is 18.4 Å². The van der Waals surface area contributed by atoms with Gasteiger partial charge in [-0.1, -0.05) is 13.3 Å². The second-order valence-corrected chi connectivity index (χ2v) is 4.95. The van der Waals surface area contributed by atoms with Gasteiger partial charge in [-0.15, -0.1) is 0 Å². The zero-order valence-corrected chi connectivity index (χ0v) is 12.6. The Kier molecular flexibility index (Phi) is 4.88. The summed E-state index contributed by atoms with van der Waals surface area (Å²) in [4.78, 5) is 22.3. The highest BCUT2D eigenvalue weighted by Gasteiger charge is 2.14. The van der Waals surface area contributed by atoms with E-state index in [1.807, 2.05) is 0 Å². The Hall–Kier alpha value is -2.70. The van der Waals surface area contributed by atoms with Crippen LogP contribution in [0.3, 0.4) is 0 Å². The number of hydrogen-bond acceptors (Lipinski definition) is 4. The fourth-order valence-corrected chi connectivity index (χ4v) is 2.04. The summed E-state index contributed by atoms with van der Waals surface area (Å²) in [6.45, 7) is 2.69. The maximum absolute atomic E-state index is 12.1. The van der Waals surface area contributed by atoms with Gasteiger partial charge >= 0.3 is 0 Å². The third kappa shape index (κ3) is 3.49. The van der Waals surface area contributed by atoms with Gasteiger partial charge in [-0.2, -0.15) is 5.10 Å². The van der Waals surface area contributed by atoms with Crippen LogP contribution in [0.2, 0.25) is 0 Å². The van der Waals surface area contributed by atoms with Crippen molar-refractivity contribution in [2.45, 2.75) is 19.8 Å². The van der Waals surface area contributed by atoms with Gasteiger partial charge in [0.15, 0.2) is 0 Å². The Morgan fingerprint density at radius 3 is 2.64 bits per heavy atom. The summed E-state index contributed by atoms with van der Waals surface area (Å²) in [5.41, 5.74) is 1.83. The summed E-state index contributed by atoms with van der Waals surface area (Å²) >= 11 is 0. The summed E-state index contributed by atoms with van der Waals surface area (Å²) < 4.78 is 1.51. The van der Waals surface area contributed by atoms with Crippen LogP contribution >= 0.6 is 0 Å². The largest absolute Gasteiger partial charge is 0.351 e. The number of benzene rings is 1. The minimum Gasteiger partial charge on any atom is -0.351 e. The fraction of sp³-hybridized carbons (Fsp3) is 0.333. The lowest BCUT2D eigenvalue weighted by Crippen LogP contribution is -2.26. The number of non-ortho nitro benzene ring substituents is 1. The summed E-state index contributed by atoms with van der Waals surface area (Å²) in [5.74, 6) is -0.170. The molecule has 2 aromatic rings. The zero-order valence-electron chi connectivity index (χ0n) is 12.6. The van der Waals surface area contributed by atoms with Crippen molar-refractivity contribution in [3.63, 3.8) is 0 Å². The third-order valence-corrected chi connectivity index (χ3v) is 3.30. The number of nitrogens with zero attached hydrogens (tertiary/aromatic N) is 3. The molecular formula is C15H18N4O3. The molecule has 0 aliphatic rings. The highest BCUT2D eigenvalue weighted by Crippen LogP contribution is 2.22. The van der Waals surface area contributed by atoms with Crippen LogP contribution in [0.5, 0.6) is 0 Å². The maximum atomic E-state index is 12.1. The molecule has 22 heavy (non-hydrogen) atoms. The average molecular weight is 302 g/mol. The lowest BCUT2D eigenvalue weighted by atomic mass is 10.1. The number of unbranched alkanes of at least 4 members (excludes halogenated alkanes) is 1. The van der Waals surface area contributed by atoms with E-state index < -0.39 is 4.92 Å². The van der Waals surface area contributed by atoms with Gasteiger partial charge in [0, 0.05) is 31.3 Å². The quantitative estimate of drug-likeness (QED) is 0.504. The molecule has 0 unspecified atom stereocenters. The van der Waals surface area contributed by atoms with Crippen molar-refractivity contribution in [3.05, 3.63) is 46.1 Å². The summed E-state index contributed by atoms with van der Waals surface area (Å²) in [6, 6.07) is 7.77. The minimum atomic E-state index is -0.450. The Bertz CT molecular complexity index is 677. The fourth-order valence-electron chi connectivity index (χ4n) is 2.04. The molecule has 0 aliphatic heterocycles. The first-order valence-electron chi connectivity index (χ1n) is 7.10. The summed E-state index contributed by atoms with van der Waals surface area (Å²) in [7, 11) is 1.70. The Labute approximate surface area is 128 Å². The molecule has 0 spiro atoms. The number of rotatable bonds is 6. The van der Waals surface area contributed by atoms with Gasteiger partial charge in [0.25, 0.3) is 11.6 Å². The van der Waals surface area contributed by atoms with E-state index in [0.29, 0.717) is 17.9 Å². The highest BCUT2D eigenvalue weighted by atomic mass is 16.6.